The number of halogens is 3. The fourth-order valence-electron chi connectivity index (χ4n) is 2.47. The Morgan fingerprint density at radius 3 is 2.39 bits per heavy atom. The van der Waals surface area contributed by atoms with Gasteiger partial charge in [0.1, 0.15) is 0 Å². The number of rotatable bonds is 6. The van der Waals surface area contributed by atoms with Gasteiger partial charge < -0.3 is 10.2 Å². The molecule has 0 aromatic carbocycles. The minimum Gasteiger partial charge on any atom is -0.316 e. The monoisotopic (exact) mass is 266 g/mol. The molecular weight excluding hydrogens is 241 g/mol. The number of piperidine rings is 1. The van der Waals surface area contributed by atoms with Crippen molar-refractivity contribution in [1.29, 1.82) is 0 Å². The normalized spacial score (nSPS) is 21.2. The Labute approximate surface area is 108 Å². The van der Waals surface area contributed by atoms with E-state index in [1.807, 2.05) is 0 Å². The van der Waals surface area contributed by atoms with E-state index in [4.69, 9.17) is 0 Å². The van der Waals surface area contributed by atoms with Gasteiger partial charge in [0.2, 0.25) is 0 Å². The van der Waals surface area contributed by atoms with Crippen LogP contribution in [0, 0.1) is 11.8 Å². The molecule has 0 spiro atoms. The van der Waals surface area contributed by atoms with Crippen LogP contribution in [0.1, 0.15) is 33.1 Å². The van der Waals surface area contributed by atoms with E-state index in [0.717, 1.165) is 26.1 Å². The number of likely N-dealkylation sites (tertiary alicyclic amines) is 1. The highest BCUT2D eigenvalue weighted by atomic mass is 19.4. The van der Waals surface area contributed by atoms with Gasteiger partial charge in [0, 0.05) is 6.54 Å². The summed E-state index contributed by atoms with van der Waals surface area (Å²) in [5.74, 6) is -0.582. The van der Waals surface area contributed by atoms with E-state index in [9.17, 15) is 13.2 Å². The van der Waals surface area contributed by atoms with E-state index in [-0.39, 0.29) is 12.8 Å². The molecule has 0 amide bonds. The van der Waals surface area contributed by atoms with Crippen molar-refractivity contribution in [3.63, 3.8) is 0 Å². The summed E-state index contributed by atoms with van der Waals surface area (Å²) in [5, 5.41) is 3.35. The third-order valence-corrected chi connectivity index (χ3v) is 3.54. The maximum Gasteiger partial charge on any atom is 0.391 e. The predicted molar refractivity (Wildman–Crippen MR) is 67.5 cm³/mol. The molecular formula is C13H25F3N2. The standard InChI is InChI=1S/C13H25F3N2/c1-3-6-17-9-11(2)10-18-7-4-12(5-8-18)13(14,15)16/h11-12,17H,3-10H2,1-2H3. The van der Waals surface area contributed by atoms with E-state index in [1.54, 1.807) is 0 Å². The van der Waals surface area contributed by atoms with Crippen molar-refractivity contribution in [2.75, 3.05) is 32.7 Å². The molecule has 5 heteroatoms. The fraction of sp³-hybridized carbons (Fsp3) is 1.00. The molecule has 1 N–H and O–H groups in total. The number of hydrogen-bond donors (Lipinski definition) is 1. The van der Waals surface area contributed by atoms with Crippen molar-refractivity contribution in [2.45, 2.75) is 39.3 Å². The third-order valence-electron chi connectivity index (χ3n) is 3.54. The summed E-state index contributed by atoms with van der Waals surface area (Å²) in [6.07, 6.45) is -2.36. The molecule has 1 aliphatic heterocycles. The first-order valence-corrected chi connectivity index (χ1v) is 6.93. The first-order valence-electron chi connectivity index (χ1n) is 6.93. The summed E-state index contributed by atoms with van der Waals surface area (Å²) in [6, 6.07) is 0. The molecule has 0 bridgehead atoms. The topological polar surface area (TPSA) is 15.3 Å². The Morgan fingerprint density at radius 1 is 1.28 bits per heavy atom. The number of nitrogens with one attached hydrogen (secondary N) is 1. The molecule has 1 heterocycles. The van der Waals surface area contributed by atoms with E-state index in [2.05, 4.69) is 24.1 Å². The van der Waals surface area contributed by atoms with Crippen molar-refractivity contribution in [1.82, 2.24) is 10.2 Å². The van der Waals surface area contributed by atoms with Crippen LogP contribution < -0.4 is 5.32 Å². The second kappa shape index (κ2) is 7.34. The van der Waals surface area contributed by atoms with Gasteiger partial charge in [-0.05, 0) is 51.4 Å². The van der Waals surface area contributed by atoms with Gasteiger partial charge in [-0.1, -0.05) is 13.8 Å². The van der Waals surface area contributed by atoms with E-state index < -0.39 is 12.1 Å². The minimum absolute atomic E-state index is 0.263. The van der Waals surface area contributed by atoms with Gasteiger partial charge >= 0.3 is 6.18 Å². The van der Waals surface area contributed by atoms with Crippen molar-refractivity contribution in [3.8, 4) is 0 Å². The lowest BCUT2D eigenvalue weighted by Gasteiger charge is -2.34. The first-order chi connectivity index (χ1) is 8.43. The molecule has 1 unspecified atom stereocenters. The summed E-state index contributed by atoms with van der Waals surface area (Å²) >= 11 is 0. The molecule has 0 radical (unpaired) electrons. The molecule has 0 saturated carbocycles. The summed E-state index contributed by atoms with van der Waals surface area (Å²) in [7, 11) is 0. The van der Waals surface area contributed by atoms with Gasteiger partial charge in [-0.15, -0.1) is 0 Å². The van der Waals surface area contributed by atoms with Crippen LogP contribution in [-0.2, 0) is 0 Å². The lowest BCUT2D eigenvalue weighted by molar-refractivity contribution is -0.185. The van der Waals surface area contributed by atoms with Gasteiger partial charge in [0.15, 0.2) is 0 Å². The smallest absolute Gasteiger partial charge is 0.316 e. The molecule has 1 atom stereocenters. The zero-order valence-corrected chi connectivity index (χ0v) is 11.4. The van der Waals surface area contributed by atoms with Crippen LogP contribution in [0.2, 0.25) is 0 Å². The van der Waals surface area contributed by atoms with Crippen molar-refractivity contribution in [2.24, 2.45) is 11.8 Å². The van der Waals surface area contributed by atoms with Crippen molar-refractivity contribution in [3.05, 3.63) is 0 Å². The molecule has 0 aromatic rings. The van der Waals surface area contributed by atoms with Crippen LogP contribution in [-0.4, -0.2) is 43.8 Å². The zero-order valence-electron chi connectivity index (χ0n) is 11.4. The van der Waals surface area contributed by atoms with Gasteiger partial charge in [0.25, 0.3) is 0 Å². The zero-order chi connectivity index (χ0) is 13.6. The van der Waals surface area contributed by atoms with Gasteiger partial charge in [0.05, 0.1) is 5.92 Å². The maximum absolute atomic E-state index is 12.5. The quantitative estimate of drug-likeness (QED) is 0.744. The molecule has 18 heavy (non-hydrogen) atoms. The summed E-state index contributed by atoms with van der Waals surface area (Å²) in [4.78, 5) is 2.17. The Balaban J connectivity index is 2.19. The lowest BCUT2D eigenvalue weighted by Crippen LogP contribution is -2.42. The van der Waals surface area contributed by atoms with Crippen molar-refractivity contribution >= 4 is 0 Å². The minimum atomic E-state index is -4.00. The Bertz CT molecular complexity index is 223. The van der Waals surface area contributed by atoms with Crippen LogP contribution in [0.4, 0.5) is 13.2 Å². The lowest BCUT2D eigenvalue weighted by atomic mass is 9.95. The highest BCUT2D eigenvalue weighted by Crippen LogP contribution is 2.34. The number of hydrogen-bond acceptors (Lipinski definition) is 2. The highest BCUT2D eigenvalue weighted by Gasteiger charge is 2.40. The molecule has 108 valence electrons. The van der Waals surface area contributed by atoms with E-state index >= 15 is 0 Å². The van der Waals surface area contributed by atoms with Crippen LogP contribution in [0.3, 0.4) is 0 Å². The van der Waals surface area contributed by atoms with Gasteiger partial charge in [-0.2, -0.15) is 13.2 Å². The molecule has 0 aliphatic carbocycles. The molecule has 2 nitrogen and oxygen atoms in total. The number of nitrogens with zero attached hydrogens (tertiary/aromatic N) is 1. The average molecular weight is 266 g/mol. The van der Waals surface area contributed by atoms with E-state index in [1.165, 1.54) is 0 Å². The highest BCUT2D eigenvalue weighted by molar-refractivity contribution is 4.78. The molecule has 1 fully saturated rings. The van der Waals surface area contributed by atoms with Gasteiger partial charge in [-0.3, -0.25) is 0 Å². The molecule has 1 aliphatic rings. The first kappa shape index (κ1) is 15.8. The van der Waals surface area contributed by atoms with Gasteiger partial charge in [-0.25, -0.2) is 0 Å². The summed E-state index contributed by atoms with van der Waals surface area (Å²) < 4.78 is 37.5. The predicted octanol–water partition coefficient (Wildman–Crippen LogP) is 2.90. The Hall–Kier alpha value is -0.290. The molecule has 1 saturated heterocycles. The molecule has 1 rings (SSSR count). The summed E-state index contributed by atoms with van der Waals surface area (Å²) in [5.41, 5.74) is 0. The molecule has 0 aromatic heterocycles. The fourth-order valence-corrected chi connectivity index (χ4v) is 2.47. The Morgan fingerprint density at radius 2 is 1.89 bits per heavy atom. The SMILES string of the molecule is CCCNCC(C)CN1CCC(C(F)(F)F)CC1. The summed E-state index contributed by atoms with van der Waals surface area (Å²) in [6.45, 7) is 8.32. The van der Waals surface area contributed by atoms with E-state index in [0.29, 0.717) is 19.0 Å². The van der Waals surface area contributed by atoms with Crippen LogP contribution in [0.15, 0.2) is 0 Å². The second-order valence-electron chi connectivity index (χ2n) is 5.43. The number of alkyl halides is 3. The average Bonchev–Trinajstić information content (AvgIpc) is 2.29. The third kappa shape index (κ3) is 5.57. The Kier molecular flexibility index (Phi) is 6.43. The van der Waals surface area contributed by atoms with Crippen LogP contribution in [0.25, 0.3) is 0 Å². The largest absolute Gasteiger partial charge is 0.391 e. The van der Waals surface area contributed by atoms with Crippen LogP contribution in [0.5, 0.6) is 0 Å². The van der Waals surface area contributed by atoms with Crippen LogP contribution >= 0.6 is 0 Å². The maximum atomic E-state index is 12.5. The van der Waals surface area contributed by atoms with Crippen molar-refractivity contribution < 1.29 is 13.2 Å². The second-order valence-corrected chi connectivity index (χ2v) is 5.43.